The van der Waals surface area contributed by atoms with E-state index < -0.39 is 12.0 Å². The molecule has 0 aromatic heterocycles. The molecular formula is C13H23N3O3. The van der Waals surface area contributed by atoms with Gasteiger partial charge in [0.25, 0.3) is 0 Å². The molecule has 6 nitrogen and oxygen atoms in total. The van der Waals surface area contributed by atoms with Gasteiger partial charge in [0.15, 0.2) is 0 Å². The van der Waals surface area contributed by atoms with Gasteiger partial charge in [-0.2, -0.15) is 0 Å². The van der Waals surface area contributed by atoms with Crippen molar-refractivity contribution in [2.45, 2.75) is 32.2 Å². The Morgan fingerprint density at radius 2 is 1.95 bits per heavy atom. The van der Waals surface area contributed by atoms with E-state index in [-0.39, 0.29) is 11.9 Å². The van der Waals surface area contributed by atoms with Crippen molar-refractivity contribution in [1.82, 2.24) is 15.1 Å². The summed E-state index contributed by atoms with van der Waals surface area (Å²) in [6, 6.07) is -0.914. The first-order valence-electron chi connectivity index (χ1n) is 7.09. The molecule has 2 aliphatic rings. The summed E-state index contributed by atoms with van der Waals surface area (Å²) in [5.41, 5.74) is 0. The van der Waals surface area contributed by atoms with Crippen molar-refractivity contribution in [2.24, 2.45) is 5.92 Å². The monoisotopic (exact) mass is 269 g/mol. The summed E-state index contributed by atoms with van der Waals surface area (Å²) in [5.74, 6) is -0.874. The van der Waals surface area contributed by atoms with E-state index in [1.807, 2.05) is 6.92 Å². The van der Waals surface area contributed by atoms with Gasteiger partial charge < -0.3 is 20.2 Å². The number of nitrogens with one attached hydrogen (secondary N) is 1. The molecule has 2 saturated heterocycles. The third-order valence-corrected chi connectivity index (χ3v) is 4.12. The average molecular weight is 269 g/mol. The maximum atomic E-state index is 12.0. The number of carboxylic acid groups (broad SMARTS) is 1. The first kappa shape index (κ1) is 14.1. The van der Waals surface area contributed by atoms with Crippen LogP contribution in [0, 0.1) is 5.92 Å². The van der Waals surface area contributed by atoms with E-state index in [4.69, 9.17) is 0 Å². The highest BCUT2D eigenvalue weighted by atomic mass is 16.4. The van der Waals surface area contributed by atoms with Gasteiger partial charge in [-0.15, -0.1) is 0 Å². The van der Waals surface area contributed by atoms with Crippen LogP contribution in [0.15, 0.2) is 0 Å². The highest BCUT2D eigenvalue weighted by Crippen LogP contribution is 2.23. The summed E-state index contributed by atoms with van der Waals surface area (Å²) in [6.07, 6.45) is 3.23. The first-order chi connectivity index (χ1) is 9.09. The minimum atomic E-state index is -0.903. The van der Waals surface area contributed by atoms with E-state index in [0.717, 1.165) is 26.1 Å². The lowest BCUT2D eigenvalue weighted by Crippen LogP contribution is -2.48. The lowest BCUT2D eigenvalue weighted by molar-refractivity contribution is -0.142. The van der Waals surface area contributed by atoms with Crippen LogP contribution in [0.5, 0.6) is 0 Å². The number of urea groups is 1. The molecule has 0 saturated carbocycles. The first-order valence-corrected chi connectivity index (χ1v) is 7.09. The maximum absolute atomic E-state index is 12.0. The molecule has 0 spiro atoms. The molecular weight excluding hydrogens is 246 g/mol. The van der Waals surface area contributed by atoms with Crippen LogP contribution < -0.4 is 5.32 Å². The van der Waals surface area contributed by atoms with Crippen LogP contribution in [0.1, 0.15) is 26.2 Å². The fraction of sp³-hybridized carbons (Fsp3) is 0.846. The van der Waals surface area contributed by atoms with Gasteiger partial charge in [-0.25, -0.2) is 9.59 Å². The summed E-state index contributed by atoms with van der Waals surface area (Å²) in [7, 11) is 0. The van der Waals surface area contributed by atoms with Crippen molar-refractivity contribution < 1.29 is 14.7 Å². The predicted molar refractivity (Wildman–Crippen MR) is 71.0 cm³/mol. The van der Waals surface area contributed by atoms with Crippen molar-refractivity contribution in [3.63, 3.8) is 0 Å². The topological polar surface area (TPSA) is 72.9 Å². The van der Waals surface area contributed by atoms with Crippen molar-refractivity contribution in [1.29, 1.82) is 0 Å². The Morgan fingerprint density at radius 1 is 1.26 bits per heavy atom. The van der Waals surface area contributed by atoms with E-state index in [9.17, 15) is 14.7 Å². The largest absolute Gasteiger partial charge is 0.480 e. The number of carbonyl (C=O) groups excluding carboxylic acids is 1. The standard InChI is InChI=1S/C13H23N3O3/c1-10-4-8-16(11(10)12(17)18)13(19)14-5-9-15-6-2-3-7-15/h10-11H,2-9H2,1H3,(H,14,19)(H,17,18). The maximum Gasteiger partial charge on any atom is 0.326 e. The van der Waals surface area contributed by atoms with E-state index >= 15 is 0 Å². The number of carboxylic acids is 1. The Bertz CT molecular complexity index is 342. The molecule has 19 heavy (non-hydrogen) atoms. The molecule has 2 N–H and O–H groups in total. The summed E-state index contributed by atoms with van der Waals surface area (Å²) in [5, 5.41) is 12.0. The van der Waals surface area contributed by atoms with Crippen molar-refractivity contribution in [3.05, 3.63) is 0 Å². The van der Waals surface area contributed by atoms with Crippen LogP contribution in [0.2, 0.25) is 0 Å². The van der Waals surface area contributed by atoms with Gasteiger partial charge >= 0.3 is 12.0 Å². The lowest BCUT2D eigenvalue weighted by Gasteiger charge is -2.24. The molecule has 108 valence electrons. The normalized spacial score (nSPS) is 27.7. The van der Waals surface area contributed by atoms with E-state index in [1.165, 1.54) is 17.7 Å². The molecule has 0 aromatic carbocycles. The summed E-state index contributed by atoms with van der Waals surface area (Å²) in [6.45, 7) is 6.08. The third-order valence-electron chi connectivity index (χ3n) is 4.12. The number of nitrogens with zero attached hydrogens (tertiary/aromatic N) is 2. The van der Waals surface area contributed by atoms with Crippen LogP contribution in [0.3, 0.4) is 0 Å². The Kier molecular flexibility index (Phi) is 4.63. The zero-order valence-corrected chi connectivity index (χ0v) is 11.5. The van der Waals surface area contributed by atoms with E-state index in [2.05, 4.69) is 10.2 Å². The zero-order chi connectivity index (χ0) is 13.8. The Labute approximate surface area is 113 Å². The Morgan fingerprint density at radius 3 is 2.58 bits per heavy atom. The van der Waals surface area contributed by atoms with Crippen LogP contribution in [-0.4, -0.2) is 65.7 Å². The molecule has 0 radical (unpaired) electrons. The van der Waals surface area contributed by atoms with Crippen LogP contribution >= 0.6 is 0 Å². The number of hydrogen-bond acceptors (Lipinski definition) is 3. The van der Waals surface area contributed by atoms with Crippen LogP contribution in [0.4, 0.5) is 4.79 Å². The second-order valence-electron chi connectivity index (χ2n) is 5.52. The van der Waals surface area contributed by atoms with E-state index in [1.54, 1.807) is 0 Å². The number of hydrogen-bond donors (Lipinski definition) is 2. The molecule has 2 unspecified atom stereocenters. The Balaban J connectivity index is 1.77. The Hall–Kier alpha value is -1.30. The minimum Gasteiger partial charge on any atom is -0.480 e. The van der Waals surface area contributed by atoms with Crippen LogP contribution in [0.25, 0.3) is 0 Å². The number of amides is 2. The minimum absolute atomic E-state index is 0.0295. The van der Waals surface area contributed by atoms with Gasteiger partial charge in [-0.1, -0.05) is 6.92 Å². The average Bonchev–Trinajstić information content (AvgIpc) is 2.97. The highest BCUT2D eigenvalue weighted by Gasteiger charge is 2.39. The fourth-order valence-corrected chi connectivity index (χ4v) is 2.98. The molecule has 2 rings (SSSR count). The number of rotatable bonds is 4. The molecule has 6 heteroatoms. The van der Waals surface area contributed by atoms with Gasteiger partial charge in [0.05, 0.1) is 0 Å². The highest BCUT2D eigenvalue weighted by molar-refractivity contribution is 5.83. The fourth-order valence-electron chi connectivity index (χ4n) is 2.98. The molecule has 2 fully saturated rings. The summed E-state index contributed by atoms with van der Waals surface area (Å²) >= 11 is 0. The number of aliphatic carboxylic acids is 1. The summed E-state index contributed by atoms with van der Waals surface area (Å²) < 4.78 is 0. The molecule has 2 heterocycles. The third kappa shape index (κ3) is 3.37. The van der Waals surface area contributed by atoms with E-state index in [0.29, 0.717) is 13.1 Å². The van der Waals surface area contributed by atoms with Crippen molar-refractivity contribution in [2.75, 3.05) is 32.7 Å². The molecule has 0 aromatic rings. The van der Waals surface area contributed by atoms with Crippen LogP contribution in [-0.2, 0) is 4.79 Å². The van der Waals surface area contributed by atoms with Gasteiger partial charge in [0.2, 0.25) is 0 Å². The predicted octanol–water partition coefficient (Wildman–Crippen LogP) is 0.587. The van der Waals surface area contributed by atoms with Gasteiger partial charge in [-0.3, -0.25) is 0 Å². The van der Waals surface area contributed by atoms with Crippen molar-refractivity contribution >= 4 is 12.0 Å². The lowest BCUT2D eigenvalue weighted by atomic mass is 10.0. The molecule has 2 aliphatic heterocycles. The van der Waals surface area contributed by atoms with Crippen molar-refractivity contribution in [3.8, 4) is 0 Å². The van der Waals surface area contributed by atoms with Gasteiger partial charge in [-0.05, 0) is 38.3 Å². The second kappa shape index (κ2) is 6.23. The molecule has 2 amide bonds. The molecule has 2 atom stereocenters. The smallest absolute Gasteiger partial charge is 0.326 e. The SMILES string of the molecule is CC1CCN(C(=O)NCCN2CCCC2)C1C(=O)O. The number of likely N-dealkylation sites (tertiary alicyclic amines) is 2. The number of carbonyl (C=O) groups is 2. The quantitative estimate of drug-likeness (QED) is 0.783. The van der Waals surface area contributed by atoms with Gasteiger partial charge in [0.1, 0.15) is 6.04 Å². The van der Waals surface area contributed by atoms with Gasteiger partial charge in [0, 0.05) is 19.6 Å². The second-order valence-corrected chi connectivity index (χ2v) is 5.52. The molecule has 0 aliphatic carbocycles. The zero-order valence-electron chi connectivity index (χ0n) is 11.5. The molecule has 0 bridgehead atoms. The summed E-state index contributed by atoms with van der Waals surface area (Å²) in [4.78, 5) is 27.0.